The third-order valence-corrected chi connectivity index (χ3v) is 6.28. The Kier molecular flexibility index (Phi) is 5.23. The molecule has 4 aromatic rings. The van der Waals surface area contributed by atoms with Crippen molar-refractivity contribution in [3.8, 4) is 11.3 Å². The summed E-state index contributed by atoms with van der Waals surface area (Å²) in [5.41, 5.74) is 1.22. The van der Waals surface area contributed by atoms with Crippen LogP contribution in [-0.2, 0) is 7.05 Å². The average Bonchev–Trinajstić information content (AvgIpc) is 3.67. The van der Waals surface area contributed by atoms with Crippen molar-refractivity contribution in [2.75, 3.05) is 5.32 Å². The van der Waals surface area contributed by atoms with E-state index >= 15 is 0 Å². The molecule has 35 heavy (non-hydrogen) atoms. The fourth-order valence-electron chi connectivity index (χ4n) is 4.27. The lowest BCUT2D eigenvalue weighted by molar-refractivity contribution is -0.384. The van der Waals surface area contributed by atoms with Crippen LogP contribution in [0.3, 0.4) is 0 Å². The number of pyridine rings is 1. The minimum absolute atomic E-state index is 0.106. The van der Waals surface area contributed by atoms with Crippen molar-refractivity contribution >= 4 is 28.0 Å². The van der Waals surface area contributed by atoms with E-state index in [0.29, 0.717) is 5.56 Å². The summed E-state index contributed by atoms with van der Waals surface area (Å²) >= 11 is 0. The fraction of sp³-hybridized carbons (Fsp3) is 0.240. The van der Waals surface area contributed by atoms with Gasteiger partial charge in [0.1, 0.15) is 11.5 Å². The Labute approximate surface area is 198 Å². The van der Waals surface area contributed by atoms with Crippen LogP contribution in [0.2, 0.25) is 0 Å². The number of nitrogens with one attached hydrogen (secondary N) is 1. The summed E-state index contributed by atoms with van der Waals surface area (Å²) in [7, 11) is 1.53. The Bertz CT molecular complexity index is 1650. The van der Waals surface area contributed by atoms with Crippen molar-refractivity contribution < 1.29 is 9.31 Å². The Morgan fingerprint density at radius 1 is 1.11 bits per heavy atom. The summed E-state index contributed by atoms with van der Waals surface area (Å²) in [6.07, 6.45) is 1.54. The number of halogens is 1. The van der Waals surface area contributed by atoms with E-state index in [2.05, 4.69) is 10.4 Å². The highest BCUT2D eigenvalue weighted by molar-refractivity contribution is 6.00. The van der Waals surface area contributed by atoms with Gasteiger partial charge in [0, 0.05) is 30.3 Å². The van der Waals surface area contributed by atoms with Gasteiger partial charge in [0.25, 0.3) is 16.8 Å². The predicted molar refractivity (Wildman–Crippen MR) is 131 cm³/mol. The zero-order valence-electron chi connectivity index (χ0n) is 19.3. The molecule has 178 valence electrons. The van der Waals surface area contributed by atoms with Crippen LogP contribution < -0.4 is 16.4 Å². The van der Waals surface area contributed by atoms with Crippen molar-refractivity contribution in [2.45, 2.75) is 32.7 Å². The van der Waals surface area contributed by atoms with Gasteiger partial charge in [0.05, 0.1) is 33.2 Å². The number of nitro groups is 1. The molecular formula is C25H22FN5O4. The smallest absolute Gasteiger partial charge is 0.278 e. The van der Waals surface area contributed by atoms with Crippen molar-refractivity contribution in [3.63, 3.8) is 0 Å². The summed E-state index contributed by atoms with van der Waals surface area (Å²) in [4.78, 5) is 37.8. The number of nitrogens with zero attached hydrogens (tertiary/aromatic N) is 4. The van der Waals surface area contributed by atoms with Gasteiger partial charge in [-0.3, -0.25) is 19.7 Å². The fourth-order valence-corrected chi connectivity index (χ4v) is 4.27. The van der Waals surface area contributed by atoms with Gasteiger partial charge in [-0.1, -0.05) is 18.2 Å². The molecule has 2 aromatic carbocycles. The number of aromatic nitrogens is 3. The number of rotatable bonds is 5. The SMILES string of the molecule is Cc1ccc(Nc2c(C)c(=O)n(C)c3c(-c4cccc([N+](=O)[O-])c4)nn(C4CC4)c(=O)c23)c(F)c1. The topological polar surface area (TPSA) is 112 Å². The number of hydrogen-bond acceptors (Lipinski definition) is 6. The lowest BCUT2D eigenvalue weighted by atomic mass is 10.0. The number of anilines is 2. The number of fused-ring (bicyclic) bond motifs is 1. The maximum Gasteiger partial charge on any atom is 0.278 e. The number of nitro benzene ring substituents is 1. The van der Waals surface area contributed by atoms with Crippen LogP contribution >= 0.6 is 0 Å². The molecule has 5 rings (SSSR count). The molecule has 0 spiro atoms. The summed E-state index contributed by atoms with van der Waals surface area (Å²) in [5.74, 6) is -0.520. The van der Waals surface area contributed by atoms with E-state index < -0.39 is 21.9 Å². The number of non-ortho nitro benzene ring substituents is 1. The first-order valence-corrected chi connectivity index (χ1v) is 11.1. The second kappa shape index (κ2) is 8.15. The highest BCUT2D eigenvalue weighted by atomic mass is 19.1. The first-order valence-electron chi connectivity index (χ1n) is 11.1. The first kappa shape index (κ1) is 22.5. The van der Waals surface area contributed by atoms with Crippen molar-refractivity contribution in [2.24, 2.45) is 7.05 Å². The molecule has 0 saturated heterocycles. The molecule has 0 amide bonds. The molecule has 1 fully saturated rings. The first-order chi connectivity index (χ1) is 16.7. The van der Waals surface area contributed by atoms with Crippen LogP contribution in [0.5, 0.6) is 0 Å². The van der Waals surface area contributed by atoms with Gasteiger partial charge >= 0.3 is 0 Å². The maximum absolute atomic E-state index is 14.7. The van der Waals surface area contributed by atoms with Crippen LogP contribution in [0.15, 0.2) is 52.1 Å². The van der Waals surface area contributed by atoms with E-state index in [1.807, 2.05) is 0 Å². The van der Waals surface area contributed by atoms with Gasteiger partial charge in [-0.05, 0) is 44.4 Å². The quantitative estimate of drug-likeness (QED) is 0.336. The highest BCUT2D eigenvalue weighted by Gasteiger charge is 2.30. The molecule has 1 saturated carbocycles. The van der Waals surface area contributed by atoms with Crippen LogP contribution in [0.4, 0.5) is 21.5 Å². The number of hydrogen-bond donors (Lipinski definition) is 1. The summed E-state index contributed by atoms with van der Waals surface area (Å²) in [5, 5.41) is 19.1. The van der Waals surface area contributed by atoms with Crippen LogP contribution in [0, 0.1) is 29.8 Å². The van der Waals surface area contributed by atoms with Crippen LogP contribution in [0.1, 0.15) is 30.0 Å². The standard InChI is InChI=1S/C25H22FN5O4/c1-13-7-10-19(18(26)11-13)27-21-14(2)24(32)29(3)23-20(21)25(33)30(16-8-9-16)28-22(23)15-5-4-6-17(12-15)31(34)35/h4-7,10-12,16,27H,8-9H2,1-3H3. The number of benzene rings is 2. The molecule has 0 atom stereocenters. The number of aryl methyl sites for hydroxylation is 2. The normalized spacial score (nSPS) is 13.3. The van der Waals surface area contributed by atoms with E-state index in [4.69, 9.17) is 0 Å². The van der Waals surface area contributed by atoms with Crippen molar-refractivity contribution in [1.29, 1.82) is 0 Å². The van der Waals surface area contributed by atoms with Crippen molar-refractivity contribution in [1.82, 2.24) is 14.3 Å². The zero-order chi connectivity index (χ0) is 25.0. The summed E-state index contributed by atoms with van der Waals surface area (Å²) < 4.78 is 17.4. The third-order valence-electron chi connectivity index (χ3n) is 6.28. The molecule has 1 aliphatic carbocycles. The second-order valence-corrected chi connectivity index (χ2v) is 8.83. The minimum atomic E-state index is -0.520. The van der Waals surface area contributed by atoms with Crippen LogP contribution in [0.25, 0.3) is 22.2 Å². The Balaban J connectivity index is 1.89. The molecule has 1 N–H and O–H groups in total. The average molecular weight is 475 g/mol. The molecular weight excluding hydrogens is 453 g/mol. The second-order valence-electron chi connectivity index (χ2n) is 8.83. The Morgan fingerprint density at radius 3 is 2.51 bits per heavy atom. The molecule has 0 radical (unpaired) electrons. The van der Waals surface area contributed by atoms with Gasteiger partial charge in [-0.2, -0.15) is 5.10 Å². The van der Waals surface area contributed by atoms with E-state index in [9.17, 15) is 24.1 Å². The predicted octanol–water partition coefficient (Wildman–Crippen LogP) is 4.50. The van der Waals surface area contributed by atoms with Crippen LogP contribution in [-0.4, -0.2) is 19.3 Å². The zero-order valence-corrected chi connectivity index (χ0v) is 19.3. The van der Waals surface area contributed by atoms with E-state index in [-0.39, 0.29) is 45.3 Å². The Morgan fingerprint density at radius 2 is 1.86 bits per heavy atom. The lowest BCUT2D eigenvalue weighted by Gasteiger charge is -2.19. The molecule has 0 unspecified atom stereocenters. The van der Waals surface area contributed by atoms with Gasteiger partial charge in [-0.25, -0.2) is 9.07 Å². The largest absolute Gasteiger partial charge is 0.352 e. The molecule has 10 heteroatoms. The highest BCUT2D eigenvalue weighted by Crippen LogP contribution is 2.37. The third kappa shape index (κ3) is 3.76. The molecule has 0 bridgehead atoms. The van der Waals surface area contributed by atoms with Gasteiger partial charge in [0.2, 0.25) is 0 Å². The van der Waals surface area contributed by atoms with Crippen molar-refractivity contribution in [3.05, 3.63) is 90.2 Å². The molecule has 1 aliphatic rings. The van der Waals surface area contributed by atoms with E-state index in [1.54, 1.807) is 32.0 Å². The monoisotopic (exact) mass is 475 g/mol. The molecule has 2 aromatic heterocycles. The maximum atomic E-state index is 14.7. The summed E-state index contributed by atoms with van der Waals surface area (Å²) in [6, 6.07) is 10.4. The van der Waals surface area contributed by atoms with Gasteiger partial charge < -0.3 is 9.88 Å². The molecule has 9 nitrogen and oxygen atoms in total. The Hall–Kier alpha value is -4.34. The minimum Gasteiger partial charge on any atom is -0.352 e. The molecule has 0 aliphatic heterocycles. The lowest BCUT2D eigenvalue weighted by Crippen LogP contribution is -2.29. The van der Waals surface area contributed by atoms with E-state index in [0.717, 1.165) is 18.4 Å². The van der Waals surface area contributed by atoms with Gasteiger partial charge in [-0.15, -0.1) is 0 Å². The van der Waals surface area contributed by atoms with E-state index in [1.165, 1.54) is 40.6 Å². The molecule has 2 heterocycles. The summed E-state index contributed by atoms with van der Waals surface area (Å²) in [6.45, 7) is 3.33. The van der Waals surface area contributed by atoms with Gasteiger partial charge in [0.15, 0.2) is 0 Å².